The summed E-state index contributed by atoms with van der Waals surface area (Å²) in [5.74, 6) is 1.14. The molecule has 0 radical (unpaired) electrons. The molecule has 0 aromatic carbocycles. The molecule has 0 aliphatic heterocycles. The van der Waals surface area contributed by atoms with Gasteiger partial charge in [0.1, 0.15) is 5.60 Å². The topological polar surface area (TPSA) is 74.8 Å². The lowest BCUT2D eigenvalue weighted by Crippen LogP contribution is -2.42. The van der Waals surface area contributed by atoms with E-state index < -0.39 is 11.7 Å². The van der Waals surface area contributed by atoms with E-state index in [2.05, 4.69) is 44.7 Å². The summed E-state index contributed by atoms with van der Waals surface area (Å²) in [6.45, 7) is 12.3. The van der Waals surface area contributed by atoms with Gasteiger partial charge in [0.25, 0.3) is 0 Å². The SMILES string of the molecule is CCNC(=NCC(C)c1ccsc1)NCCNC(=O)OC(C)(C)C.I. The molecule has 1 heterocycles. The first-order chi connectivity index (χ1) is 11.3. The molecule has 1 unspecified atom stereocenters. The van der Waals surface area contributed by atoms with Gasteiger partial charge in [-0.25, -0.2) is 4.79 Å². The minimum absolute atomic E-state index is 0. The van der Waals surface area contributed by atoms with Gasteiger partial charge >= 0.3 is 6.09 Å². The molecule has 1 aromatic heterocycles. The Morgan fingerprint density at radius 1 is 1.28 bits per heavy atom. The standard InChI is InChI=1S/C17H30N4O2S.HI/c1-6-18-15(21-11-13(2)14-7-10-24-12-14)19-8-9-20-16(22)23-17(3,4)5;/h7,10,12-13H,6,8-9,11H2,1-5H3,(H,20,22)(H2,18,19,21);1H. The van der Waals surface area contributed by atoms with E-state index in [0.717, 1.165) is 12.5 Å². The van der Waals surface area contributed by atoms with Gasteiger partial charge in [-0.15, -0.1) is 24.0 Å². The second-order valence-corrected chi connectivity index (χ2v) is 7.31. The van der Waals surface area contributed by atoms with Crippen molar-refractivity contribution in [3.63, 3.8) is 0 Å². The van der Waals surface area contributed by atoms with Crippen LogP contribution in [0.2, 0.25) is 0 Å². The van der Waals surface area contributed by atoms with Gasteiger partial charge in [0.15, 0.2) is 5.96 Å². The van der Waals surface area contributed by atoms with Crippen molar-refractivity contribution in [2.75, 3.05) is 26.2 Å². The quantitative estimate of drug-likeness (QED) is 0.241. The number of alkyl carbamates (subject to hydrolysis) is 1. The highest BCUT2D eigenvalue weighted by Gasteiger charge is 2.15. The first-order valence-corrected chi connectivity index (χ1v) is 9.27. The molecule has 0 saturated carbocycles. The Kier molecular flexibility index (Phi) is 11.8. The number of carbonyl (C=O) groups excluding carboxylic acids is 1. The predicted octanol–water partition coefficient (Wildman–Crippen LogP) is 3.55. The number of halogens is 1. The molecule has 1 atom stereocenters. The summed E-state index contributed by atoms with van der Waals surface area (Å²) in [5, 5.41) is 13.4. The third-order valence-electron chi connectivity index (χ3n) is 3.07. The molecule has 25 heavy (non-hydrogen) atoms. The zero-order chi connectivity index (χ0) is 18.0. The van der Waals surface area contributed by atoms with Crippen LogP contribution >= 0.6 is 35.3 Å². The van der Waals surface area contributed by atoms with Crippen molar-refractivity contribution in [1.29, 1.82) is 0 Å². The molecule has 144 valence electrons. The van der Waals surface area contributed by atoms with Crippen LogP contribution in [0.1, 0.15) is 46.1 Å². The highest BCUT2D eigenvalue weighted by molar-refractivity contribution is 14.0. The summed E-state index contributed by atoms with van der Waals surface area (Å²) in [7, 11) is 0. The third kappa shape index (κ3) is 11.2. The molecule has 0 bridgehead atoms. The molecule has 1 aromatic rings. The maximum Gasteiger partial charge on any atom is 0.407 e. The molecule has 0 spiro atoms. The Labute approximate surface area is 172 Å². The van der Waals surface area contributed by atoms with E-state index in [1.54, 1.807) is 11.3 Å². The molecule has 6 nitrogen and oxygen atoms in total. The Balaban J connectivity index is 0.00000576. The lowest BCUT2D eigenvalue weighted by Gasteiger charge is -2.20. The van der Waals surface area contributed by atoms with Gasteiger partial charge < -0.3 is 20.7 Å². The van der Waals surface area contributed by atoms with E-state index in [-0.39, 0.29) is 24.0 Å². The average Bonchev–Trinajstić information content (AvgIpc) is 3.01. The van der Waals surface area contributed by atoms with Crippen LogP contribution in [0.15, 0.2) is 21.8 Å². The number of nitrogens with zero attached hydrogens (tertiary/aromatic N) is 1. The van der Waals surface area contributed by atoms with Gasteiger partial charge in [-0.05, 0) is 50.1 Å². The number of nitrogens with one attached hydrogen (secondary N) is 3. The van der Waals surface area contributed by atoms with Crippen LogP contribution in [0.3, 0.4) is 0 Å². The molecular weight excluding hydrogens is 451 g/mol. The summed E-state index contributed by atoms with van der Waals surface area (Å²) in [6.07, 6.45) is -0.405. The van der Waals surface area contributed by atoms with Gasteiger partial charge in [0.2, 0.25) is 0 Å². The van der Waals surface area contributed by atoms with Crippen LogP contribution in [0.4, 0.5) is 4.79 Å². The maximum absolute atomic E-state index is 11.6. The number of ether oxygens (including phenoxy) is 1. The van der Waals surface area contributed by atoms with Crippen molar-refractivity contribution >= 4 is 47.4 Å². The second-order valence-electron chi connectivity index (χ2n) is 6.53. The summed E-state index contributed by atoms with van der Waals surface area (Å²) in [6, 6.07) is 2.13. The summed E-state index contributed by atoms with van der Waals surface area (Å²) >= 11 is 1.70. The van der Waals surface area contributed by atoms with Crippen molar-refractivity contribution in [3.8, 4) is 0 Å². The minimum atomic E-state index is -0.480. The second kappa shape index (κ2) is 12.3. The molecule has 0 saturated heterocycles. The van der Waals surface area contributed by atoms with Crippen molar-refractivity contribution in [2.45, 2.75) is 46.1 Å². The van der Waals surface area contributed by atoms with Crippen LogP contribution in [0.25, 0.3) is 0 Å². The molecule has 0 aliphatic carbocycles. The van der Waals surface area contributed by atoms with Crippen LogP contribution in [-0.2, 0) is 4.74 Å². The lowest BCUT2D eigenvalue weighted by molar-refractivity contribution is 0.0529. The summed E-state index contributed by atoms with van der Waals surface area (Å²) in [5.41, 5.74) is 0.831. The fourth-order valence-corrected chi connectivity index (χ4v) is 2.67. The van der Waals surface area contributed by atoms with Crippen molar-refractivity contribution in [1.82, 2.24) is 16.0 Å². The smallest absolute Gasteiger partial charge is 0.407 e. The Bertz CT molecular complexity index is 515. The van der Waals surface area contributed by atoms with Gasteiger partial charge in [0, 0.05) is 32.1 Å². The number of carbonyl (C=O) groups is 1. The largest absolute Gasteiger partial charge is 0.444 e. The first-order valence-electron chi connectivity index (χ1n) is 8.33. The molecule has 1 amide bonds. The van der Waals surface area contributed by atoms with E-state index in [9.17, 15) is 4.79 Å². The van der Waals surface area contributed by atoms with Gasteiger partial charge in [0.05, 0.1) is 0 Å². The summed E-state index contributed by atoms with van der Waals surface area (Å²) < 4.78 is 5.19. The van der Waals surface area contributed by atoms with Crippen molar-refractivity contribution in [3.05, 3.63) is 22.4 Å². The number of hydrogen-bond acceptors (Lipinski definition) is 4. The molecular formula is C17H31IN4O2S. The van der Waals surface area contributed by atoms with E-state index in [4.69, 9.17) is 4.74 Å². The van der Waals surface area contributed by atoms with E-state index in [0.29, 0.717) is 25.6 Å². The zero-order valence-corrected chi connectivity index (χ0v) is 18.9. The van der Waals surface area contributed by atoms with Crippen LogP contribution in [0, 0.1) is 0 Å². The van der Waals surface area contributed by atoms with E-state index in [1.807, 2.05) is 27.7 Å². The fourth-order valence-electron chi connectivity index (χ4n) is 1.89. The number of rotatable bonds is 7. The average molecular weight is 482 g/mol. The number of aliphatic imine (C=N–C) groups is 1. The van der Waals surface area contributed by atoms with E-state index >= 15 is 0 Å². The van der Waals surface area contributed by atoms with Crippen molar-refractivity contribution in [2.24, 2.45) is 4.99 Å². The monoisotopic (exact) mass is 482 g/mol. The van der Waals surface area contributed by atoms with Gasteiger partial charge in [-0.1, -0.05) is 6.92 Å². The number of hydrogen-bond donors (Lipinski definition) is 3. The third-order valence-corrected chi connectivity index (χ3v) is 3.77. The minimum Gasteiger partial charge on any atom is -0.444 e. The Morgan fingerprint density at radius 3 is 2.52 bits per heavy atom. The normalized spacial score (nSPS) is 12.8. The summed E-state index contributed by atoms with van der Waals surface area (Å²) in [4.78, 5) is 16.2. The van der Waals surface area contributed by atoms with Crippen LogP contribution < -0.4 is 16.0 Å². The molecule has 1 rings (SSSR count). The van der Waals surface area contributed by atoms with E-state index in [1.165, 1.54) is 5.56 Å². The van der Waals surface area contributed by atoms with Crippen LogP contribution in [-0.4, -0.2) is 43.8 Å². The Hall–Kier alpha value is -1.03. The van der Waals surface area contributed by atoms with Gasteiger partial charge in [-0.3, -0.25) is 4.99 Å². The highest BCUT2D eigenvalue weighted by Crippen LogP contribution is 2.18. The highest BCUT2D eigenvalue weighted by atomic mass is 127. The first kappa shape index (κ1) is 24.0. The fraction of sp³-hybridized carbons (Fsp3) is 0.647. The van der Waals surface area contributed by atoms with Gasteiger partial charge in [-0.2, -0.15) is 11.3 Å². The lowest BCUT2D eigenvalue weighted by atomic mass is 10.1. The predicted molar refractivity (Wildman–Crippen MR) is 116 cm³/mol. The number of guanidine groups is 1. The van der Waals surface area contributed by atoms with Crippen molar-refractivity contribution < 1.29 is 9.53 Å². The molecule has 8 heteroatoms. The number of amides is 1. The van der Waals surface area contributed by atoms with Crippen LogP contribution in [0.5, 0.6) is 0 Å². The molecule has 0 aliphatic rings. The zero-order valence-electron chi connectivity index (χ0n) is 15.7. The molecule has 3 N–H and O–H groups in total. The molecule has 0 fully saturated rings. The Morgan fingerprint density at radius 2 is 1.96 bits per heavy atom. The number of thiophene rings is 1. The maximum atomic E-state index is 11.6.